The lowest BCUT2D eigenvalue weighted by Crippen LogP contribution is -2.40. The summed E-state index contributed by atoms with van der Waals surface area (Å²) in [7, 11) is 0. The molecule has 0 aliphatic heterocycles. The van der Waals surface area contributed by atoms with Crippen molar-refractivity contribution in [2.75, 3.05) is 18.6 Å². The maximum absolute atomic E-state index is 11.4. The van der Waals surface area contributed by atoms with E-state index in [0.29, 0.717) is 12.2 Å². The minimum Gasteiger partial charge on any atom is -0.394 e. The zero-order valence-electron chi connectivity index (χ0n) is 9.35. The fourth-order valence-corrected chi connectivity index (χ4v) is 1.81. The van der Waals surface area contributed by atoms with Crippen LogP contribution in [0.3, 0.4) is 0 Å². The summed E-state index contributed by atoms with van der Waals surface area (Å²) in [6.07, 6.45) is 2.54. The van der Waals surface area contributed by atoms with Crippen molar-refractivity contribution in [2.45, 2.75) is 12.5 Å². The first-order valence-corrected chi connectivity index (χ1v) is 6.58. The van der Waals surface area contributed by atoms with Gasteiger partial charge in [-0.05, 0) is 18.2 Å². The second kappa shape index (κ2) is 7.30. The Hall–Kier alpha value is -1.00. The van der Waals surface area contributed by atoms with E-state index in [1.54, 1.807) is 0 Å². The molecule has 16 heavy (non-hydrogen) atoms. The van der Waals surface area contributed by atoms with Gasteiger partial charge < -0.3 is 10.4 Å². The highest BCUT2D eigenvalue weighted by molar-refractivity contribution is 7.99. The van der Waals surface area contributed by atoms with Gasteiger partial charge in [0, 0.05) is 0 Å². The zero-order chi connectivity index (χ0) is 11.8. The van der Waals surface area contributed by atoms with Crippen molar-refractivity contribution in [2.24, 2.45) is 0 Å². The van der Waals surface area contributed by atoms with Crippen molar-refractivity contribution in [3.05, 3.63) is 35.9 Å². The lowest BCUT2D eigenvalue weighted by molar-refractivity contribution is -0.119. The summed E-state index contributed by atoms with van der Waals surface area (Å²) in [5, 5.41) is 12.0. The molecule has 0 fully saturated rings. The molecule has 3 nitrogen and oxygen atoms in total. The van der Waals surface area contributed by atoms with Crippen molar-refractivity contribution in [3.8, 4) is 0 Å². The van der Waals surface area contributed by atoms with Gasteiger partial charge in [-0.2, -0.15) is 11.8 Å². The zero-order valence-corrected chi connectivity index (χ0v) is 10.2. The standard InChI is InChI=1S/C12H17NO2S/c1-16-9-12(15)13-11(8-14)7-10-5-3-2-4-6-10/h2-6,11,14H,7-9H2,1H3,(H,13,15). The topological polar surface area (TPSA) is 49.3 Å². The summed E-state index contributed by atoms with van der Waals surface area (Å²) in [5.41, 5.74) is 1.12. The molecule has 0 aliphatic carbocycles. The second-order valence-corrected chi connectivity index (χ2v) is 4.44. The van der Waals surface area contributed by atoms with Gasteiger partial charge in [0.15, 0.2) is 0 Å². The predicted molar refractivity (Wildman–Crippen MR) is 67.5 cm³/mol. The summed E-state index contributed by atoms with van der Waals surface area (Å²) in [6, 6.07) is 9.64. The van der Waals surface area contributed by atoms with E-state index >= 15 is 0 Å². The van der Waals surface area contributed by atoms with Gasteiger partial charge >= 0.3 is 0 Å². The molecule has 0 heterocycles. The molecule has 0 aromatic heterocycles. The van der Waals surface area contributed by atoms with Gasteiger partial charge in [-0.25, -0.2) is 0 Å². The van der Waals surface area contributed by atoms with Gasteiger partial charge in [-0.15, -0.1) is 0 Å². The number of aliphatic hydroxyl groups is 1. The van der Waals surface area contributed by atoms with Gasteiger partial charge in [0.2, 0.25) is 5.91 Å². The number of aliphatic hydroxyl groups excluding tert-OH is 1. The van der Waals surface area contributed by atoms with Crippen LogP contribution in [-0.2, 0) is 11.2 Å². The normalized spacial score (nSPS) is 12.1. The molecule has 0 radical (unpaired) electrons. The van der Waals surface area contributed by atoms with E-state index in [4.69, 9.17) is 0 Å². The fraction of sp³-hybridized carbons (Fsp3) is 0.417. The number of rotatable bonds is 6. The number of carbonyl (C=O) groups is 1. The van der Waals surface area contributed by atoms with Crippen molar-refractivity contribution in [3.63, 3.8) is 0 Å². The van der Waals surface area contributed by atoms with Gasteiger partial charge in [-0.1, -0.05) is 30.3 Å². The van der Waals surface area contributed by atoms with Crippen molar-refractivity contribution in [1.82, 2.24) is 5.32 Å². The Balaban J connectivity index is 2.46. The minimum atomic E-state index is -0.193. The van der Waals surface area contributed by atoms with Gasteiger partial charge in [0.05, 0.1) is 18.4 Å². The third kappa shape index (κ3) is 4.68. The molecule has 1 rings (SSSR count). The number of benzene rings is 1. The van der Waals surface area contributed by atoms with Crippen molar-refractivity contribution >= 4 is 17.7 Å². The van der Waals surface area contributed by atoms with Gasteiger partial charge in [-0.3, -0.25) is 4.79 Å². The van der Waals surface area contributed by atoms with E-state index in [1.807, 2.05) is 36.6 Å². The first kappa shape index (κ1) is 13.1. The largest absolute Gasteiger partial charge is 0.394 e. The Morgan fingerprint density at radius 3 is 2.69 bits per heavy atom. The summed E-state index contributed by atoms with van der Waals surface area (Å²) < 4.78 is 0. The summed E-state index contributed by atoms with van der Waals surface area (Å²) >= 11 is 1.47. The van der Waals surface area contributed by atoms with Crippen LogP contribution in [0.1, 0.15) is 5.56 Å². The van der Waals surface area contributed by atoms with Crippen LogP contribution in [0.4, 0.5) is 0 Å². The van der Waals surface area contributed by atoms with Gasteiger partial charge in [0.25, 0.3) is 0 Å². The first-order chi connectivity index (χ1) is 7.76. The van der Waals surface area contributed by atoms with Crippen LogP contribution in [0.2, 0.25) is 0 Å². The van der Waals surface area contributed by atoms with Crippen LogP contribution in [-0.4, -0.2) is 35.7 Å². The molecule has 1 aromatic carbocycles. The molecule has 88 valence electrons. The molecule has 2 N–H and O–H groups in total. The first-order valence-electron chi connectivity index (χ1n) is 5.19. The number of carbonyl (C=O) groups excluding carboxylic acids is 1. The Morgan fingerprint density at radius 1 is 1.44 bits per heavy atom. The number of hydrogen-bond acceptors (Lipinski definition) is 3. The highest BCUT2D eigenvalue weighted by atomic mass is 32.2. The quantitative estimate of drug-likeness (QED) is 0.780. The molecule has 4 heteroatoms. The monoisotopic (exact) mass is 239 g/mol. The second-order valence-electron chi connectivity index (χ2n) is 3.57. The van der Waals surface area contributed by atoms with E-state index in [0.717, 1.165) is 5.56 Å². The summed E-state index contributed by atoms with van der Waals surface area (Å²) in [5.74, 6) is 0.410. The van der Waals surface area contributed by atoms with E-state index in [2.05, 4.69) is 5.32 Å². The average Bonchev–Trinajstić information content (AvgIpc) is 2.30. The minimum absolute atomic E-state index is 0.0255. The Kier molecular flexibility index (Phi) is 5.96. The number of nitrogens with one attached hydrogen (secondary N) is 1. The molecular formula is C12H17NO2S. The number of amides is 1. The Labute approximate surface area is 100 Å². The maximum atomic E-state index is 11.4. The van der Waals surface area contributed by atoms with Crippen LogP contribution in [0, 0.1) is 0 Å². The van der Waals surface area contributed by atoms with E-state index < -0.39 is 0 Å². The number of thioether (sulfide) groups is 1. The maximum Gasteiger partial charge on any atom is 0.230 e. The lowest BCUT2D eigenvalue weighted by atomic mass is 10.1. The predicted octanol–water partition coefficient (Wildman–Crippen LogP) is 1.07. The summed E-state index contributed by atoms with van der Waals surface area (Å²) in [6.45, 7) is -0.0327. The molecule has 0 aliphatic rings. The fourth-order valence-electron chi connectivity index (χ4n) is 1.46. The highest BCUT2D eigenvalue weighted by Crippen LogP contribution is 2.03. The van der Waals surface area contributed by atoms with Crippen LogP contribution in [0.15, 0.2) is 30.3 Å². The van der Waals surface area contributed by atoms with Crippen LogP contribution in [0.5, 0.6) is 0 Å². The van der Waals surface area contributed by atoms with Gasteiger partial charge in [0.1, 0.15) is 0 Å². The molecule has 0 bridgehead atoms. The molecular weight excluding hydrogens is 222 g/mol. The highest BCUT2D eigenvalue weighted by Gasteiger charge is 2.11. The SMILES string of the molecule is CSCC(=O)NC(CO)Cc1ccccc1. The van der Waals surface area contributed by atoms with E-state index in [9.17, 15) is 9.90 Å². The van der Waals surface area contributed by atoms with E-state index in [1.165, 1.54) is 11.8 Å². The molecule has 1 amide bonds. The smallest absolute Gasteiger partial charge is 0.230 e. The molecule has 0 spiro atoms. The average molecular weight is 239 g/mol. The Bertz CT molecular complexity index is 316. The lowest BCUT2D eigenvalue weighted by Gasteiger charge is -2.15. The molecule has 1 aromatic rings. The number of hydrogen-bond donors (Lipinski definition) is 2. The van der Waals surface area contributed by atoms with Crippen molar-refractivity contribution < 1.29 is 9.90 Å². The van der Waals surface area contributed by atoms with E-state index in [-0.39, 0.29) is 18.6 Å². The molecule has 1 unspecified atom stereocenters. The molecule has 0 saturated carbocycles. The van der Waals surface area contributed by atoms with Crippen LogP contribution < -0.4 is 5.32 Å². The summed E-state index contributed by atoms with van der Waals surface area (Å²) in [4.78, 5) is 11.4. The van der Waals surface area contributed by atoms with Crippen LogP contribution in [0.25, 0.3) is 0 Å². The van der Waals surface area contributed by atoms with Crippen molar-refractivity contribution in [1.29, 1.82) is 0 Å². The third-order valence-electron chi connectivity index (χ3n) is 2.19. The molecule has 0 saturated heterocycles. The van der Waals surface area contributed by atoms with Crippen LogP contribution >= 0.6 is 11.8 Å². The Morgan fingerprint density at radius 2 is 2.12 bits per heavy atom. The molecule has 1 atom stereocenters. The third-order valence-corrected chi connectivity index (χ3v) is 2.74.